The zero-order valence-electron chi connectivity index (χ0n) is 15.8. The highest BCUT2D eigenvalue weighted by atomic mass is 19.1. The van der Waals surface area contributed by atoms with Crippen LogP contribution < -0.4 is 15.5 Å². The zero-order chi connectivity index (χ0) is 20.3. The summed E-state index contributed by atoms with van der Waals surface area (Å²) in [6.45, 7) is 1.41. The highest BCUT2D eigenvalue weighted by molar-refractivity contribution is 6.07. The third kappa shape index (κ3) is 2.94. The van der Waals surface area contributed by atoms with E-state index in [2.05, 4.69) is 10.6 Å². The Balaban J connectivity index is 1.24. The number of carbonyl (C=O) groups excluding carboxylic acids is 3. The number of nitrogens with one attached hydrogen (secondary N) is 2. The molecule has 2 saturated heterocycles. The molecule has 29 heavy (non-hydrogen) atoms. The maximum absolute atomic E-state index is 14.1. The van der Waals surface area contributed by atoms with E-state index in [1.54, 1.807) is 4.90 Å². The highest BCUT2D eigenvalue weighted by Gasteiger charge is 2.55. The van der Waals surface area contributed by atoms with Crippen molar-refractivity contribution in [2.45, 2.75) is 43.7 Å². The average molecular weight is 404 g/mol. The molecule has 1 aromatic carbocycles. The molecular weight excluding hydrogens is 382 g/mol. The summed E-state index contributed by atoms with van der Waals surface area (Å²) in [4.78, 5) is 40.5. The molecule has 0 spiro atoms. The second-order valence-electron chi connectivity index (χ2n) is 8.43. The summed E-state index contributed by atoms with van der Waals surface area (Å²) in [7, 11) is 0. The highest BCUT2D eigenvalue weighted by Crippen LogP contribution is 2.44. The molecule has 4 aliphatic rings. The lowest BCUT2D eigenvalue weighted by Gasteiger charge is -2.39. The summed E-state index contributed by atoms with van der Waals surface area (Å²) in [5, 5.41) is 5.04. The minimum atomic E-state index is -0.973. The number of amides is 4. The van der Waals surface area contributed by atoms with E-state index < -0.39 is 23.2 Å². The van der Waals surface area contributed by atoms with Crippen molar-refractivity contribution in [1.29, 1.82) is 0 Å². The van der Waals surface area contributed by atoms with Crippen molar-refractivity contribution >= 4 is 23.5 Å². The first-order valence-corrected chi connectivity index (χ1v) is 10.0. The van der Waals surface area contributed by atoms with Crippen molar-refractivity contribution in [2.24, 2.45) is 5.92 Å². The Morgan fingerprint density at radius 2 is 2.00 bits per heavy atom. The predicted octanol–water partition coefficient (Wildman–Crippen LogP) is 1.31. The smallest absolute Gasteiger partial charge is 0.322 e. The van der Waals surface area contributed by atoms with Crippen molar-refractivity contribution in [3.8, 4) is 0 Å². The summed E-state index contributed by atoms with van der Waals surface area (Å²) in [5.41, 5.74) is 0.111. The maximum Gasteiger partial charge on any atom is 0.322 e. The number of hydrogen-bond acceptors (Lipinski definition) is 4. The molecule has 3 heterocycles. The van der Waals surface area contributed by atoms with Gasteiger partial charge in [0, 0.05) is 43.4 Å². The summed E-state index contributed by atoms with van der Waals surface area (Å²) < 4.78 is 27.7. The van der Waals surface area contributed by atoms with Crippen molar-refractivity contribution in [1.82, 2.24) is 15.5 Å². The normalized spacial score (nSPS) is 28.1. The zero-order valence-corrected chi connectivity index (χ0v) is 15.8. The van der Waals surface area contributed by atoms with E-state index >= 15 is 0 Å². The number of halogens is 2. The van der Waals surface area contributed by atoms with E-state index in [9.17, 15) is 23.2 Å². The largest absolute Gasteiger partial charge is 0.364 e. The van der Waals surface area contributed by atoms with Gasteiger partial charge < -0.3 is 15.1 Å². The molecule has 2 atom stereocenters. The number of rotatable bonds is 4. The van der Waals surface area contributed by atoms with E-state index in [1.807, 2.05) is 4.90 Å². The Hall–Kier alpha value is -2.71. The van der Waals surface area contributed by atoms with Crippen molar-refractivity contribution in [3.05, 3.63) is 29.3 Å². The Morgan fingerprint density at radius 3 is 2.69 bits per heavy atom. The molecule has 0 bridgehead atoms. The van der Waals surface area contributed by atoms with Crippen LogP contribution in [-0.4, -0.2) is 54.0 Å². The quantitative estimate of drug-likeness (QED) is 0.742. The lowest BCUT2D eigenvalue weighted by molar-refractivity contribution is -0.133. The molecule has 1 saturated carbocycles. The van der Waals surface area contributed by atoms with Crippen LogP contribution >= 0.6 is 0 Å². The molecule has 3 fully saturated rings. The molecule has 9 heteroatoms. The summed E-state index contributed by atoms with van der Waals surface area (Å²) in [5.74, 6) is -1.47. The van der Waals surface area contributed by atoms with E-state index in [0.29, 0.717) is 37.3 Å². The summed E-state index contributed by atoms with van der Waals surface area (Å²) in [6, 6.07) is 1.68. The lowest BCUT2D eigenvalue weighted by Crippen LogP contribution is -2.54. The number of carbonyl (C=O) groups is 3. The first kappa shape index (κ1) is 18.3. The van der Waals surface area contributed by atoms with Gasteiger partial charge in [-0.05, 0) is 37.7 Å². The maximum atomic E-state index is 14.1. The fourth-order valence-electron chi connectivity index (χ4n) is 5.07. The van der Waals surface area contributed by atoms with Gasteiger partial charge in [-0.2, -0.15) is 0 Å². The van der Waals surface area contributed by atoms with Crippen LogP contribution in [0.3, 0.4) is 0 Å². The average Bonchev–Trinajstić information content (AvgIpc) is 3.40. The fourth-order valence-corrected chi connectivity index (χ4v) is 5.07. The molecule has 3 aliphatic heterocycles. The molecule has 5 rings (SSSR count). The van der Waals surface area contributed by atoms with Gasteiger partial charge in [-0.25, -0.2) is 13.6 Å². The number of imide groups is 1. The third-order valence-electron chi connectivity index (χ3n) is 6.70. The number of urea groups is 1. The van der Waals surface area contributed by atoms with E-state index in [-0.39, 0.29) is 36.6 Å². The molecule has 0 radical (unpaired) electrons. The van der Waals surface area contributed by atoms with Crippen LogP contribution in [0.2, 0.25) is 0 Å². The molecule has 1 unspecified atom stereocenters. The number of anilines is 1. The Labute approximate surface area is 166 Å². The minimum Gasteiger partial charge on any atom is -0.364 e. The van der Waals surface area contributed by atoms with E-state index in [1.165, 1.54) is 6.07 Å². The van der Waals surface area contributed by atoms with Gasteiger partial charge in [0.1, 0.15) is 17.2 Å². The topological polar surface area (TPSA) is 81.8 Å². The van der Waals surface area contributed by atoms with Crippen LogP contribution in [0.5, 0.6) is 0 Å². The second-order valence-corrected chi connectivity index (χ2v) is 8.43. The standard InChI is InChI=1S/C20H22F2N4O3/c21-12-7-15(22)14-9-13-10-25(5-6-26(13)16(14)8-12)17(27)3-4-20(11-1-2-11)18(28)23-19(29)24-20/h7-8,11,13H,1-6,9-10H2,(H2,23,24,28,29)/t13?,20-/m0/s1. The fraction of sp³-hybridized carbons (Fsp3) is 0.550. The van der Waals surface area contributed by atoms with Gasteiger partial charge in [-0.15, -0.1) is 0 Å². The number of fused-ring (bicyclic) bond motifs is 3. The van der Waals surface area contributed by atoms with Crippen LogP contribution in [0.4, 0.5) is 19.3 Å². The number of nitrogens with zero attached hydrogens (tertiary/aromatic N) is 2. The van der Waals surface area contributed by atoms with Gasteiger partial charge in [0.05, 0.1) is 6.04 Å². The summed E-state index contributed by atoms with van der Waals surface area (Å²) in [6.07, 6.45) is 2.60. The van der Waals surface area contributed by atoms with Gasteiger partial charge in [-0.3, -0.25) is 14.9 Å². The number of hydrogen-bond donors (Lipinski definition) is 2. The minimum absolute atomic E-state index is 0.0779. The van der Waals surface area contributed by atoms with Crippen LogP contribution in [-0.2, 0) is 16.0 Å². The first-order valence-electron chi connectivity index (χ1n) is 10.0. The molecule has 7 nitrogen and oxygen atoms in total. The van der Waals surface area contributed by atoms with E-state index in [0.717, 1.165) is 18.9 Å². The third-order valence-corrected chi connectivity index (χ3v) is 6.70. The molecule has 1 aliphatic carbocycles. The molecule has 1 aromatic rings. The number of benzene rings is 1. The number of piperazine rings is 1. The predicted molar refractivity (Wildman–Crippen MR) is 99.1 cm³/mol. The Bertz CT molecular complexity index is 919. The van der Waals surface area contributed by atoms with Gasteiger partial charge >= 0.3 is 6.03 Å². The lowest BCUT2D eigenvalue weighted by atomic mass is 9.87. The molecular formula is C20H22F2N4O3. The molecule has 0 aromatic heterocycles. The molecule has 4 amide bonds. The van der Waals surface area contributed by atoms with Crippen LogP contribution in [0.25, 0.3) is 0 Å². The van der Waals surface area contributed by atoms with Crippen molar-refractivity contribution in [2.75, 3.05) is 24.5 Å². The molecule has 2 N–H and O–H groups in total. The Kier molecular flexibility index (Phi) is 4.04. The van der Waals surface area contributed by atoms with Gasteiger partial charge in [0.25, 0.3) is 5.91 Å². The second kappa shape index (κ2) is 6.40. The van der Waals surface area contributed by atoms with Gasteiger partial charge in [-0.1, -0.05) is 0 Å². The van der Waals surface area contributed by atoms with Gasteiger partial charge in [0.2, 0.25) is 5.91 Å². The van der Waals surface area contributed by atoms with Crippen LogP contribution in [0, 0.1) is 17.6 Å². The molecule has 154 valence electrons. The monoisotopic (exact) mass is 404 g/mol. The van der Waals surface area contributed by atoms with Crippen molar-refractivity contribution < 1.29 is 23.2 Å². The van der Waals surface area contributed by atoms with Crippen molar-refractivity contribution in [3.63, 3.8) is 0 Å². The first-order chi connectivity index (χ1) is 13.9. The van der Waals surface area contributed by atoms with E-state index in [4.69, 9.17) is 0 Å². The van der Waals surface area contributed by atoms with Crippen LogP contribution in [0.15, 0.2) is 12.1 Å². The summed E-state index contributed by atoms with van der Waals surface area (Å²) >= 11 is 0. The van der Waals surface area contributed by atoms with Gasteiger partial charge in [0.15, 0.2) is 0 Å². The van der Waals surface area contributed by atoms with Crippen LogP contribution in [0.1, 0.15) is 31.2 Å². The SMILES string of the molecule is O=C1NC(=O)[C@](CCC(=O)N2CCN3c4cc(F)cc(F)c4CC3C2)(C2CC2)N1. The Morgan fingerprint density at radius 1 is 1.21 bits per heavy atom.